The summed E-state index contributed by atoms with van der Waals surface area (Å²) in [6.07, 6.45) is 2.27. The van der Waals surface area contributed by atoms with Gasteiger partial charge in [-0.05, 0) is 16.3 Å². The predicted molar refractivity (Wildman–Crippen MR) is 77.6 cm³/mol. The maximum Gasteiger partial charge on any atom is 0.226 e. The summed E-state index contributed by atoms with van der Waals surface area (Å²) in [5.74, 6) is 0.808. The zero-order valence-electron chi connectivity index (χ0n) is 10.8. The normalized spacial score (nSPS) is 17.8. The van der Waals surface area contributed by atoms with Crippen molar-refractivity contribution in [3.8, 4) is 0 Å². The monoisotopic (exact) mass is 263 g/mol. The molecule has 1 aliphatic rings. The van der Waals surface area contributed by atoms with E-state index in [2.05, 4.69) is 39.8 Å². The average Bonchev–Trinajstić information content (AvgIpc) is 2.94. The van der Waals surface area contributed by atoms with Crippen LogP contribution in [0.4, 0.5) is 5.82 Å². The molecule has 4 rings (SSSR count). The zero-order valence-corrected chi connectivity index (χ0v) is 10.8. The van der Waals surface area contributed by atoms with Crippen LogP contribution >= 0.6 is 0 Å². The Morgan fingerprint density at radius 1 is 1.05 bits per heavy atom. The van der Waals surface area contributed by atoms with Gasteiger partial charge in [-0.25, -0.2) is 0 Å². The zero-order chi connectivity index (χ0) is 13.5. The highest BCUT2D eigenvalue weighted by atomic mass is 16.1. The number of amides is 1. The number of nitrogens with zero attached hydrogens (tertiary/aromatic N) is 1. The van der Waals surface area contributed by atoms with Gasteiger partial charge in [0.25, 0.3) is 0 Å². The van der Waals surface area contributed by atoms with Crippen LogP contribution < -0.4 is 5.32 Å². The van der Waals surface area contributed by atoms with Gasteiger partial charge in [-0.1, -0.05) is 42.5 Å². The number of aromatic nitrogens is 2. The van der Waals surface area contributed by atoms with Crippen molar-refractivity contribution >= 4 is 22.5 Å². The summed E-state index contributed by atoms with van der Waals surface area (Å²) in [5.41, 5.74) is 2.24. The molecule has 1 aliphatic heterocycles. The van der Waals surface area contributed by atoms with Gasteiger partial charge >= 0.3 is 0 Å². The standard InChI is InChI=1S/C16H13N3O/c20-15-8-13(14-9-17-19-16(14)18-15)12-7-3-5-10-4-1-2-6-11(10)12/h1-7,9,13H,8H2,(H2,17,18,19,20). The van der Waals surface area contributed by atoms with Crippen molar-refractivity contribution < 1.29 is 4.79 Å². The van der Waals surface area contributed by atoms with Gasteiger partial charge in [0.2, 0.25) is 5.91 Å². The Balaban J connectivity index is 1.94. The molecule has 20 heavy (non-hydrogen) atoms. The number of benzene rings is 2. The van der Waals surface area contributed by atoms with Crippen molar-refractivity contribution in [2.45, 2.75) is 12.3 Å². The number of hydrogen-bond acceptors (Lipinski definition) is 2. The van der Waals surface area contributed by atoms with Crippen LogP contribution in [0.15, 0.2) is 48.7 Å². The van der Waals surface area contributed by atoms with Crippen LogP contribution in [-0.4, -0.2) is 16.1 Å². The second kappa shape index (κ2) is 4.20. The minimum atomic E-state index is 0.0275. The predicted octanol–water partition coefficient (Wildman–Crippen LogP) is 3.04. The number of carbonyl (C=O) groups is 1. The molecule has 2 heterocycles. The highest BCUT2D eigenvalue weighted by molar-refractivity contribution is 5.95. The van der Waals surface area contributed by atoms with Crippen LogP contribution in [0.5, 0.6) is 0 Å². The van der Waals surface area contributed by atoms with Gasteiger partial charge in [-0.3, -0.25) is 9.89 Å². The highest BCUT2D eigenvalue weighted by Crippen LogP contribution is 2.38. The van der Waals surface area contributed by atoms with Crippen LogP contribution in [0.25, 0.3) is 10.8 Å². The van der Waals surface area contributed by atoms with Crippen LogP contribution in [0.2, 0.25) is 0 Å². The Morgan fingerprint density at radius 2 is 1.90 bits per heavy atom. The molecule has 1 atom stereocenters. The lowest BCUT2D eigenvalue weighted by Crippen LogP contribution is -2.23. The van der Waals surface area contributed by atoms with E-state index in [0.717, 1.165) is 11.4 Å². The highest BCUT2D eigenvalue weighted by Gasteiger charge is 2.28. The van der Waals surface area contributed by atoms with Gasteiger partial charge in [0.05, 0.1) is 6.20 Å². The summed E-state index contributed by atoms with van der Waals surface area (Å²) in [7, 11) is 0. The first-order valence-corrected chi connectivity index (χ1v) is 6.64. The van der Waals surface area contributed by atoms with Crippen molar-refractivity contribution in [2.24, 2.45) is 0 Å². The summed E-state index contributed by atoms with van der Waals surface area (Å²) in [4.78, 5) is 11.9. The molecular weight excluding hydrogens is 250 g/mol. The number of H-pyrrole nitrogens is 1. The second-order valence-corrected chi connectivity index (χ2v) is 5.07. The van der Waals surface area contributed by atoms with Gasteiger partial charge < -0.3 is 5.32 Å². The van der Waals surface area contributed by atoms with Crippen molar-refractivity contribution in [1.82, 2.24) is 10.2 Å². The Labute approximate surface area is 115 Å². The van der Waals surface area contributed by atoms with Crippen LogP contribution in [0.3, 0.4) is 0 Å². The van der Waals surface area contributed by atoms with Crippen molar-refractivity contribution in [1.29, 1.82) is 0 Å². The second-order valence-electron chi connectivity index (χ2n) is 5.07. The topological polar surface area (TPSA) is 57.8 Å². The summed E-state index contributed by atoms with van der Waals surface area (Å²) >= 11 is 0. The lowest BCUT2D eigenvalue weighted by atomic mass is 9.85. The van der Waals surface area contributed by atoms with E-state index in [1.807, 2.05) is 18.2 Å². The maximum atomic E-state index is 11.9. The quantitative estimate of drug-likeness (QED) is 0.709. The number of hydrogen-bond donors (Lipinski definition) is 2. The molecule has 0 radical (unpaired) electrons. The summed E-state index contributed by atoms with van der Waals surface area (Å²) in [6.45, 7) is 0. The number of rotatable bonds is 1. The largest absolute Gasteiger partial charge is 0.311 e. The Kier molecular flexibility index (Phi) is 2.36. The van der Waals surface area contributed by atoms with E-state index in [9.17, 15) is 4.79 Å². The molecule has 0 saturated carbocycles. The molecule has 0 fully saturated rings. The molecule has 4 heteroatoms. The van der Waals surface area contributed by atoms with Crippen LogP contribution in [0.1, 0.15) is 23.5 Å². The smallest absolute Gasteiger partial charge is 0.226 e. The van der Waals surface area contributed by atoms with Crippen molar-refractivity contribution in [3.63, 3.8) is 0 Å². The van der Waals surface area contributed by atoms with Crippen LogP contribution in [-0.2, 0) is 4.79 Å². The summed E-state index contributed by atoms with van der Waals surface area (Å²) in [5, 5.41) is 12.1. The summed E-state index contributed by atoms with van der Waals surface area (Å²) in [6, 6.07) is 14.5. The Morgan fingerprint density at radius 3 is 2.85 bits per heavy atom. The lowest BCUT2D eigenvalue weighted by molar-refractivity contribution is -0.116. The third kappa shape index (κ3) is 1.61. The third-order valence-corrected chi connectivity index (χ3v) is 3.90. The molecule has 2 N–H and O–H groups in total. The van der Waals surface area contributed by atoms with Gasteiger partial charge in [0, 0.05) is 17.9 Å². The molecule has 1 amide bonds. The minimum Gasteiger partial charge on any atom is -0.311 e. The van der Waals surface area contributed by atoms with Gasteiger partial charge in [0.15, 0.2) is 0 Å². The molecule has 3 aromatic rings. The van der Waals surface area contributed by atoms with E-state index in [1.165, 1.54) is 16.3 Å². The van der Waals surface area contributed by atoms with Crippen molar-refractivity contribution in [2.75, 3.05) is 5.32 Å². The maximum absolute atomic E-state index is 11.9. The number of aromatic amines is 1. The van der Waals surface area contributed by atoms with E-state index in [-0.39, 0.29) is 11.8 Å². The molecule has 4 nitrogen and oxygen atoms in total. The van der Waals surface area contributed by atoms with Crippen molar-refractivity contribution in [3.05, 3.63) is 59.8 Å². The van der Waals surface area contributed by atoms with Gasteiger partial charge in [0.1, 0.15) is 5.82 Å². The van der Waals surface area contributed by atoms with Crippen LogP contribution in [0, 0.1) is 0 Å². The molecular formula is C16H13N3O. The summed E-state index contributed by atoms with van der Waals surface area (Å²) < 4.78 is 0. The SMILES string of the molecule is O=C1CC(c2cccc3ccccc23)c2cn[nH]c2N1. The number of anilines is 1. The first-order chi connectivity index (χ1) is 9.83. The number of carbonyl (C=O) groups excluding carboxylic acids is 1. The number of fused-ring (bicyclic) bond motifs is 2. The molecule has 2 aromatic carbocycles. The van der Waals surface area contributed by atoms with E-state index < -0.39 is 0 Å². The Hall–Kier alpha value is -2.62. The molecule has 1 unspecified atom stereocenters. The molecule has 0 spiro atoms. The molecule has 0 saturated heterocycles. The van der Waals surface area contributed by atoms with E-state index >= 15 is 0 Å². The molecule has 1 aromatic heterocycles. The first kappa shape index (κ1) is 11.2. The third-order valence-electron chi connectivity index (χ3n) is 3.90. The van der Waals surface area contributed by atoms with E-state index in [4.69, 9.17) is 0 Å². The van der Waals surface area contributed by atoms with Gasteiger partial charge in [-0.2, -0.15) is 5.10 Å². The lowest BCUT2D eigenvalue weighted by Gasteiger charge is -2.23. The number of nitrogens with one attached hydrogen (secondary N) is 2. The molecule has 0 bridgehead atoms. The molecule has 98 valence electrons. The molecule has 0 aliphatic carbocycles. The fourth-order valence-corrected chi connectivity index (χ4v) is 2.98. The first-order valence-electron chi connectivity index (χ1n) is 6.64. The average molecular weight is 263 g/mol. The van der Waals surface area contributed by atoms with E-state index in [0.29, 0.717) is 6.42 Å². The Bertz CT molecular complexity index is 801. The van der Waals surface area contributed by atoms with Gasteiger partial charge in [-0.15, -0.1) is 0 Å². The van der Waals surface area contributed by atoms with E-state index in [1.54, 1.807) is 6.20 Å². The fourth-order valence-electron chi connectivity index (χ4n) is 2.98. The fraction of sp³-hybridized carbons (Fsp3) is 0.125. The minimum absolute atomic E-state index is 0.0275.